The van der Waals surface area contributed by atoms with Gasteiger partial charge in [-0.05, 0) is 29.3 Å². The maximum atomic E-state index is 10.7. The second kappa shape index (κ2) is 6.34. The third-order valence-corrected chi connectivity index (χ3v) is 1.46. The molecular weight excluding hydrogens is 212 g/mol. The predicted molar refractivity (Wildman–Crippen MR) is 44.4 cm³/mol. The lowest BCUT2D eigenvalue weighted by molar-refractivity contribution is -0.143. The van der Waals surface area contributed by atoms with Crippen LogP contribution in [0.2, 0.25) is 0 Å². The van der Waals surface area contributed by atoms with Crippen LogP contribution in [0.4, 0.5) is 0 Å². The van der Waals surface area contributed by atoms with Crippen LogP contribution in [0.5, 0.6) is 0 Å². The largest absolute Gasteiger partial charge is 0.466 e. The molecule has 0 spiro atoms. The van der Waals surface area contributed by atoms with Crippen LogP contribution in [-0.2, 0) is 14.3 Å². The second-order valence-electron chi connectivity index (χ2n) is 2.01. The highest BCUT2D eigenvalue weighted by molar-refractivity contribution is 9.18. The van der Waals surface area contributed by atoms with E-state index in [2.05, 4.69) is 20.7 Å². The summed E-state index contributed by atoms with van der Waals surface area (Å²) in [4.78, 5) is 21.0. The molecule has 0 aromatic heterocycles. The van der Waals surface area contributed by atoms with Crippen molar-refractivity contribution in [3.05, 3.63) is 0 Å². The van der Waals surface area contributed by atoms with Gasteiger partial charge in [0.15, 0.2) is 4.69 Å². The number of hydrogen-bond donors (Lipinski definition) is 0. The van der Waals surface area contributed by atoms with E-state index < -0.39 is 0 Å². The van der Waals surface area contributed by atoms with Crippen molar-refractivity contribution in [2.45, 2.75) is 26.2 Å². The molecule has 0 saturated carbocycles. The van der Waals surface area contributed by atoms with Gasteiger partial charge < -0.3 is 4.74 Å². The molecule has 0 N–H and O–H groups in total. The van der Waals surface area contributed by atoms with Gasteiger partial charge in [-0.3, -0.25) is 9.59 Å². The Morgan fingerprint density at radius 2 is 2.00 bits per heavy atom. The van der Waals surface area contributed by atoms with Crippen molar-refractivity contribution < 1.29 is 14.3 Å². The fraction of sp³-hybridized carbons (Fsp3) is 0.714. The third-order valence-electron chi connectivity index (χ3n) is 1.06. The van der Waals surface area contributed by atoms with Crippen LogP contribution < -0.4 is 0 Å². The van der Waals surface area contributed by atoms with Gasteiger partial charge in [0.2, 0.25) is 0 Å². The lowest BCUT2D eigenvalue weighted by Crippen LogP contribution is -2.03. The molecule has 0 aliphatic carbocycles. The Kier molecular flexibility index (Phi) is 6.12. The number of hydrogen-bond acceptors (Lipinski definition) is 3. The molecule has 0 aromatic carbocycles. The van der Waals surface area contributed by atoms with Gasteiger partial charge in [-0.15, -0.1) is 0 Å². The second-order valence-corrected chi connectivity index (χ2v) is 2.90. The fourth-order valence-electron chi connectivity index (χ4n) is 0.605. The Labute approximate surface area is 74.2 Å². The molecule has 64 valence electrons. The first-order chi connectivity index (χ1) is 5.16. The van der Waals surface area contributed by atoms with E-state index in [1.54, 1.807) is 6.92 Å². The standard InChI is InChI=1S/C7H11BrO3/c1-2-11-7(10)5-3-4-6(8)9/h2-5H2,1H3. The van der Waals surface area contributed by atoms with E-state index >= 15 is 0 Å². The first kappa shape index (κ1) is 10.6. The zero-order valence-corrected chi connectivity index (χ0v) is 8.02. The van der Waals surface area contributed by atoms with E-state index in [0.29, 0.717) is 25.9 Å². The molecule has 0 aliphatic heterocycles. The quantitative estimate of drug-likeness (QED) is 0.525. The molecule has 0 heterocycles. The maximum absolute atomic E-state index is 10.7. The zero-order chi connectivity index (χ0) is 8.69. The van der Waals surface area contributed by atoms with Gasteiger partial charge in [-0.2, -0.15) is 0 Å². The highest BCUT2D eigenvalue weighted by atomic mass is 79.9. The monoisotopic (exact) mass is 222 g/mol. The molecule has 0 radical (unpaired) electrons. The Morgan fingerprint density at radius 1 is 1.36 bits per heavy atom. The molecule has 0 saturated heterocycles. The van der Waals surface area contributed by atoms with Gasteiger partial charge in [0.25, 0.3) is 0 Å². The highest BCUT2D eigenvalue weighted by Crippen LogP contribution is 2.01. The number of ether oxygens (including phenoxy) is 1. The number of rotatable bonds is 5. The minimum Gasteiger partial charge on any atom is -0.466 e. The van der Waals surface area contributed by atoms with Gasteiger partial charge in [0.05, 0.1) is 6.61 Å². The van der Waals surface area contributed by atoms with Crippen molar-refractivity contribution in [1.82, 2.24) is 0 Å². The molecule has 0 rings (SSSR count). The molecule has 4 heteroatoms. The highest BCUT2D eigenvalue weighted by Gasteiger charge is 2.02. The van der Waals surface area contributed by atoms with Crippen molar-refractivity contribution in [2.75, 3.05) is 6.61 Å². The van der Waals surface area contributed by atoms with Gasteiger partial charge in [-0.1, -0.05) is 0 Å². The summed E-state index contributed by atoms with van der Waals surface area (Å²) in [5.41, 5.74) is 0. The average Bonchev–Trinajstić information content (AvgIpc) is 1.87. The summed E-state index contributed by atoms with van der Waals surface area (Å²) in [7, 11) is 0. The molecule has 0 bridgehead atoms. The van der Waals surface area contributed by atoms with E-state index in [4.69, 9.17) is 0 Å². The van der Waals surface area contributed by atoms with Crippen molar-refractivity contribution in [2.24, 2.45) is 0 Å². The molecule has 0 fully saturated rings. The number of esters is 1. The van der Waals surface area contributed by atoms with Crippen LogP contribution in [0.1, 0.15) is 26.2 Å². The Balaban J connectivity index is 3.24. The van der Waals surface area contributed by atoms with Crippen LogP contribution in [0, 0.1) is 0 Å². The normalized spacial score (nSPS) is 9.27. The maximum Gasteiger partial charge on any atom is 0.305 e. The zero-order valence-electron chi connectivity index (χ0n) is 6.43. The number of halogens is 1. The number of carbonyl (C=O) groups excluding carboxylic acids is 2. The van der Waals surface area contributed by atoms with Crippen molar-refractivity contribution >= 4 is 26.6 Å². The molecule has 0 unspecified atom stereocenters. The molecule has 0 aliphatic rings. The fourth-order valence-corrected chi connectivity index (χ4v) is 0.885. The van der Waals surface area contributed by atoms with Gasteiger partial charge in [-0.25, -0.2) is 0 Å². The summed E-state index contributed by atoms with van der Waals surface area (Å²) in [6.45, 7) is 2.16. The van der Waals surface area contributed by atoms with Gasteiger partial charge in [0.1, 0.15) is 0 Å². The Bertz CT molecular complexity index is 145. The van der Waals surface area contributed by atoms with Gasteiger partial charge >= 0.3 is 5.97 Å². The topological polar surface area (TPSA) is 43.4 Å². The first-order valence-electron chi connectivity index (χ1n) is 3.50. The Hall–Kier alpha value is -0.380. The minimum atomic E-state index is -0.235. The molecule has 0 atom stereocenters. The first-order valence-corrected chi connectivity index (χ1v) is 4.30. The summed E-state index contributed by atoms with van der Waals surface area (Å²) >= 11 is 2.77. The summed E-state index contributed by atoms with van der Waals surface area (Å²) in [5.74, 6) is -0.235. The predicted octanol–water partition coefficient (Wildman–Crippen LogP) is 1.64. The summed E-state index contributed by atoms with van der Waals surface area (Å²) in [5, 5.41) is 0. The lowest BCUT2D eigenvalue weighted by atomic mass is 10.2. The van der Waals surface area contributed by atoms with E-state index in [0.717, 1.165) is 0 Å². The Morgan fingerprint density at radius 3 is 2.45 bits per heavy atom. The van der Waals surface area contributed by atoms with Crippen LogP contribution in [0.15, 0.2) is 0 Å². The number of carbonyl (C=O) groups is 2. The van der Waals surface area contributed by atoms with E-state index in [-0.39, 0.29) is 10.7 Å². The summed E-state index contributed by atoms with van der Waals surface area (Å²) < 4.78 is 4.59. The molecule has 0 amide bonds. The minimum absolute atomic E-state index is 0.0678. The van der Waals surface area contributed by atoms with Crippen molar-refractivity contribution in [3.8, 4) is 0 Å². The van der Waals surface area contributed by atoms with Gasteiger partial charge in [0, 0.05) is 12.8 Å². The molecular formula is C7H11BrO3. The molecule has 3 nitrogen and oxygen atoms in total. The summed E-state index contributed by atoms with van der Waals surface area (Å²) in [6.07, 6.45) is 1.27. The van der Waals surface area contributed by atoms with E-state index in [1.165, 1.54) is 0 Å². The van der Waals surface area contributed by atoms with E-state index in [9.17, 15) is 9.59 Å². The van der Waals surface area contributed by atoms with Crippen LogP contribution in [0.3, 0.4) is 0 Å². The lowest BCUT2D eigenvalue weighted by Gasteiger charge is -1.98. The molecule has 0 aromatic rings. The average molecular weight is 223 g/mol. The SMILES string of the molecule is CCOC(=O)CCCC(=O)Br. The van der Waals surface area contributed by atoms with E-state index in [1.807, 2.05) is 0 Å². The van der Waals surface area contributed by atoms with Crippen molar-refractivity contribution in [3.63, 3.8) is 0 Å². The van der Waals surface area contributed by atoms with Crippen molar-refractivity contribution in [1.29, 1.82) is 0 Å². The third kappa shape index (κ3) is 7.52. The summed E-state index contributed by atoms with van der Waals surface area (Å²) in [6, 6.07) is 0. The van der Waals surface area contributed by atoms with Crippen LogP contribution in [0.25, 0.3) is 0 Å². The molecule has 11 heavy (non-hydrogen) atoms. The van der Waals surface area contributed by atoms with Crippen LogP contribution in [-0.4, -0.2) is 17.3 Å². The van der Waals surface area contributed by atoms with Crippen LogP contribution >= 0.6 is 15.9 Å². The smallest absolute Gasteiger partial charge is 0.305 e.